The fourth-order valence-corrected chi connectivity index (χ4v) is 1.97. The van der Waals surface area contributed by atoms with Gasteiger partial charge in [0.1, 0.15) is 0 Å². The van der Waals surface area contributed by atoms with E-state index < -0.39 is 10.1 Å². The molecule has 1 heterocycles. The molecule has 0 saturated heterocycles. The van der Waals surface area contributed by atoms with Crippen molar-refractivity contribution in [3.05, 3.63) is 66.5 Å². The second kappa shape index (κ2) is 7.67. The van der Waals surface area contributed by atoms with Crippen LogP contribution in [0.25, 0.3) is 0 Å². The molecule has 0 bridgehead atoms. The molecule has 0 aromatic heterocycles. The average Bonchev–Trinajstić information content (AvgIpc) is 2.40. The van der Waals surface area contributed by atoms with Crippen LogP contribution in [-0.4, -0.2) is 24.4 Å². The van der Waals surface area contributed by atoms with E-state index in [2.05, 4.69) is 29.5 Å². The standard InChI is InChI=1S/C8H11N.C7H8O3S/c1-2-6-9-7-4-3-5-8-9;1-6-2-4-7(5-3-6)11(8,9)10/h2-7H,8H2,1H3;2-5H,1H3,(H,8,9,10). The van der Waals surface area contributed by atoms with E-state index in [0.717, 1.165) is 12.1 Å². The molecule has 5 heteroatoms. The lowest BCUT2D eigenvalue weighted by Gasteiger charge is -2.13. The molecule has 1 N–H and O–H groups in total. The average molecular weight is 293 g/mol. The van der Waals surface area contributed by atoms with Gasteiger partial charge < -0.3 is 4.90 Å². The van der Waals surface area contributed by atoms with Crippen molar-refractivity contribution >= 4 is 10.1 Å². The normalized spacial score (nSPS) is 14.2. The van der Waals surface area contributed by atoms with Gasteiger partial charge in [0, 0.05) is 12.7 Å². The molecule has 1 aromatic rings. The molecule has 2 rings (SSSR count). The van der Waals surface area contributed by atoms with E-state index in [9.17, 15) is 8.42 Å². The molecule has 0 fully saturated rings. The maximum absolute atomic E-state index is 10.5. The van der Waals surface area contributed by atoms with Crippen molar-refractivity contribution in [3.8, 4) is 0 Å². The lowest BCUT2D eigenvalue weighted by Crippen LogP contribution is -2.10. The van der Waals surface area contributed by atoms with Crippen molar-refractivity contribution in [3.63, 3.8) is 0 Å². The van der Waals surface area contributed by atoms with Crippen LogP contribution in [0, 0.1) is 6.92 Å². The van der Waals surface area contributed by atoms with Gasteiger partial charge in [0.15, 0.2) is 0 Å². The fourth-order valence-electron chi connectivity index (χ4n) is 1.49. The van der Waals surface area contributed by atoms with Crippen LogP contribution in [0.4, 0.5) is 0 Å². The number of rotatable bonds is 2. The first-order chi connectivity index (χ1) is 9.43. The summed E-state index contributed by atoms with van der Waals surface area (Å²) in [4.78, 5) is 2.06. The summed E-state index contributed by atoms with van der Waals surface area (Å²) in [6, 6.07) is 5.99. The molecule has 0 radical (unpaired) electrons. The highest BCUT2D eigenvalue weighted by Crippen LogP contribution is 2.08. The van der Waals surface area contributed by atoms with Crippen LogP contribution < -0.4 is 0 Å². The van der Waals surface area contributed by atoms with Gasteiger partial charge in [-0.05, 0) is 38.3 Å². The van der Waals surface area contributed by atoms with E-state index >= 15 is 0 Å². The van der Waals surface area contributed by atoms with Crippen LogP contribution in [0.1, 0.15) is 12.5 Å². The minimum Gasteiger partial charge on any atom is -0.351 e. The van der Waals surface area contributed by atoms with Crippen LogP contribution in [0.15, 0.2) is 65.9 Å². The molecule has 108 valence electrons. The molecule has 0 amide bonds. The largest absolute Gasteiger partial charge is 0.351 e. The number of hydrogen-bond donors (Lipinski definition) is 1. The summed E-state index contributed by atoms with van der Waals surface area (Å²) in [5.41, 5.74) is 0.956. The van der Waals surface area contributed by atoms with E-state index in [1.165, 1.54) is 12.1 Å². The molecule has 0 spiro atoms. The van der Waals surface area contributed by atoms with Gasteiger partial charge >= 0.3 is 0 Å². The Hall–Kier alpha value is -1.85. The summed E-state index contributed by atoms with van der Waals surface area (Å²) >= 11 is 0. The fraction of sp³-hybridized carbons (Fsp3) is 0.200. The van der Waals surface area contributed by atoms with Crippen LogP contribution in [0.2, 0.25) is 0 Å². The molecule has 1 aromatic carbocycles. The molecule has 0 atom stereocenters. The molecule has 1 aliphatic rings. The summed E-state index contributed by atoms with van der Waals surface area (Å²) in [7, 11) is -4.02. The van der Waals surface area contributed by atoms with E-state index in [0.29, 0.717) is 0 Å². The van der Waals surface area contributed by atoms with Crippen LogP contribution in [0.3, 0.4) is 0 Å². The molecular weight excluding hydrogens is 274 g/mol. The van der Waals surface area contributed by atoms with Crippen molar-refractivity contribution in [2.45, 2.75) is 18.7 Å². The number of aryl methyl sites for hydroxylation is 1. The lowest BCUT2D eigenvalue weighted by atomic mass is 10.2. The second-order valence-corrected chi connectivity index (χ2v) is 5.66. The first kappa shape index (κ1) is 16.2. The van der Waals surface area contributed by atoms with Gasteiger partial charge in [0.25, 0.3) is 10.1 Å². The topological polar surface area (TPSA) is 57.6 Å². The number of benzene rings is 1. The lowest BCUT2D eigenvalue weighted by molar-refractivity contribution is 0.483. The predicted octanol–water partition coefficient (Wildman–Crippen LogP) is 3.15. The number of nitrogens with zero attached hydrogens (tertiary/aromatic N) is 1. The highest BCUT2D eigenvalue weighted by atomic mass is 32.2. The first-order valence-corrected chi connectivity index (χ1v) is 7.63. The molecule has 4 nitrogen and oxygen atoms in total. The Morgan fingerprint density at radius 3 is 2.30 bits per heavy atom. The third-order valence-corrected chi connectivity index (χ3v) is 3.37. The van der Waals surface area contributed by atoms with Gasteiger partial charge in [0.2, 0.25) is 0 Å². The summed E-state index contributed by atoms with van der Waals surface area (Å²) in [5.74, 6) is 0. The number of allylic oxidation sites excluding steroid dienone is 3. The van der Waals surface area contributed by atoms with Gasteiger partial charge in [-0.3, -0.25) is 4.55 Å². The van der Waals surface area contributed by atoms with Crippen LogP contribution in [0.5, 0.6) is 0 Å². The van der Waals surface area contributed by atoms with Gasteiger partial charge in [-0.15, -0.1) is 0 Å². The SMILES string of the molecule is CC=CN1C=CC=CC1.Cc1ccc(S(=O)(=O)O)cc1. The minimum atomic E-state index is -4.02. The van der Waals surface area contributed by atoms with Gasteiger partial charge in [-0.2, -0.15) is 8.42 Å². The first-order valence-electron chi connectivity index (χ1n) is 6.19. The summed E-state index contributed by atoms with van der Waals surface area (Å²) < 4.78 is 29.6. The Labute approximate surface area is 120 Å². The summed E-state index contributed by atoms with van der Waals surface area (Å²) in [6.07, 6.45) is 12.4. The second-order valence-electron chi connectivity index (χ2n) is 4.24. The smallest absolute Gasteiger partial charge is 0.294 e. The van der Waals surface area contributed by atoms with Crippen LogP contribution in [-0.2, 0) is 10.1 Å². The maximum atomic E-state index is 10.5. The Morgan fingerprint density at radius 2 is 1.85 bits per heavy atom. The van der Waals surface area contributed by atoms with Crippen molar-refractivity contribution in [2.24, 2.45) is 0 Å². The summed E-state index contributed by atoms with van der Waals surface area (Å²) in [6.45, 7) is 4.86. The van der Waals surface area contributed by atoms with Gasteiger partial charge in [0.05, 0.1) is 4.90 Å². The van der Waals surface area contributed by atoms with E-state index in [1.807, 2.05) is 26.0 Å². The highest BCUT2D eigenvalue weighted by Gasteiger charge is 2.06. The Kier molecular flexibility index (Phi) is 6.21. The Bertz CT molecular complexity index is 599. The molecule has 1 aliphatic heterocycles. The third kappa shape index (κ3) is 5.86. The molecule has 0 aliphatic carbocycles. The van der Waals surface area contributed by atoms with Gasteiger partial charge in [-0.25, -0.2) is 0 Å². The van der Waals surface area contributed by atoms with E-state index in [1.54, 1.807) is 12.1 Å². The molecule has 20 heavy (non-hydrogen) atoms. The Morgan fingerprint density at radius 1 is 1.20 bits per heavy atom. The van der Waals surface area contributed by atoms with Crippen LogP contribution >= 0.6 is 0 Å². The van der Waals surface area contributed by atoms with Crippen molar-refractivity contribution in [1.29, 1.82) is 0 Å². The van der Waals surface area contributed by atoms with Crippen molar-refractivity contribution in [1.82, 2.24) is 4.90 Å². The third-order valence-electron chi connectivity index (χ3n) is 2.50. The quantitative estimate of drug-likeness (QED) is 0.851. The zero-order valence-corrected chi connectivity index (χ0v) is 12.4. The molecular formula is C15H19NO3S. The molecule has 0 saturated carbocycles. The minimum absolute atomic E-state index is 0.0666. The monoisotopic (exact) mass is 293 g/mol. The van der Waals surface area contributed by atoms with E-state index in [4.69, 9.17) is 4.55 Å². The maximum Gasteiger partial charge on any atom is 0.294 e. The Balaban J connectivity index is 0.000000204. The van der Waals surface area contributed by atoms with Crippen molar-refractivity contribution < 1.29 is 13.0 Å². The molecule has 0 unspecified atom stereocenters. The highest BCUT2D eigenvalue weighted by molar-refractivity contribution is 7.85. The van der Waals surface area contributed by atoms with Gasteiger partial charge in [-0.1, -0.05) is 35.9 Å². The van der Waals surface area contributed by atoms with E-state index in [-0.39, 0.29) is 4.90 Å². The zero-order chi connectivity index (χ0) is 15.0. The van der Waals surface area contributed by atoms with Crippen molar-refractivity contribution in [2.75, 3.05) is 6.54 Å². The number of hydrogen-bond acceptors (Lipinski definition) is 3. The predicted molar refractivity (Wildman–Crippen MR) is 80.8 cm³/mol. The summed E-state index contributed by atoms with van der Waals surface area (Å²) in [5, 5.41) is 0. The zero-order valence-electron chi connectivity index (χ0n) is 11.6.